The van der Waals surface area contributed by atoms with E-state index >= 15 is 0 Å². The molecule has 2 aliphatic rings. The van der Waals surface area contributed by atoms with Gasteiger partial charge < -0.3 is 11.1 Å². The van der Waals surface area contributed by atoms with Crippen LogP contribution in [0.25, 0.3) is 0 Å². The van der Waals surface area contributed by atoms with Crippen LogP contribution in [0.1, 0.15) is 50.8 Å². The number of nitrogens with one attached hydrogen (secondary N) is 1. The summed E-state index contributed by atoms with van der Waals surface area (Å²) < 4.78 is 0. The van der Waals surface area contributed by atoms with Gasteiger partial charge in [0, 0.05) is 23.3 Å². The predicted octanol–water partition coefficient (Wildman–Crippen LogP) is 3.02. The molecule has 2 saturated carbocycles. The van der Waals surface area contributed by atoms with E-state index in [9.17, 15) is 0 Å². The Morgan fingerprint density at radius 3 is 2.89 bits per heavy atom. The van der Waals surface area contributed by atoms with Crippen molar-refractivity contribution in [1.29, 1.82) is 0 Å². The van der Waals surface area contributed by atoms with E-state index in [1.54, 1.807) is 0 Å². The highest BCUT2D eigenvalue weighted by molar-refractivity contribution is 7.99. The summed E-state index contributed by atoms with van der Waals surface area (Å²) in [5.74, 6) is 4.18. The molecule has 0 aliphatic heterocycles. The van der Waals surface area contributed by atoms with Gasteiger partial charge in [0.25, 0.3) is 0 Å². The molecule has 3 rings (SSSR count). The Morgan fingerprint density at radius 2 is 2.16 bits per heavy atom. The summed E-state index contributed by atoms with van der Waals surface area (Å²) in [6, 6.07) is 2.41. The Labute approximate surface area is 119 Å². The summed E-state index contributed by atoms with van der Waals surface area (Å²) in [5, 5.41) is 4.30. The lowest BCUT2D eigenvalue weighted by Crippen LogP contribution is -2.27. The monoisotopic (exact) mass is 278 g/mol. The summed E-state index contributed by atoms with van der Waals surface area (Å²) >= 11 is 2.06. The van der Waals surface area contributed by atoms with Crippen molar-refractivity contribution in [2.24, 2.45) is 0 Å². The van der Waals surface area contributed by atoms with Gasteiger partial charge in [0.05, 0.1) is 0 Å². The Balaban J connectivity index is 1.71. The van der Waals surface area contributed by atoms with Gasteiger partial charge in [-0.1, -0.05) is 13.3 Å². The van der Waals surface area contributed by atoms with Crippen molar-refractivity contribution in [2.45, 2.75) is 56.2 Å². The highest BCUT2D eigenvalue weighted by atomic mass is 32.2. The van der Waals surface area contributed by atoms with Gasteiger partial charge in [-0.2, -0.15) is 11.8 Å². The molecule has 2 atom stereocenters. The van der Waals surface area contributed by atoms with Crippen LogP contribution < -0.4 is 11.1 Å². The van der Waals surface area contributed by atoms with Gasteiger partial charge in [0.1, 0.15) is 17.5 Å². The lowest BCUT2D eigenvalue weighted by Gasteiger charge is -2.21. The number of hydrogen-bond acceptors (Lipinski definition) is 5. The molecule has 19 heavy (non-hydrogen) atoms. The van der Waals surface area contributed by atoms with Crippen LogP contribution in [0.15, 0.2) is 6.07 Å². The molecule has 1 heterocycles. The zero-order valence-electron chi connectivity index (χ0n) is 11.4. The maximum atomic E-state index is 5.90. The van der Waals surface area contributed by atoms with Crippen molar-refractivity contribution in [3.05, 3.63) is 11.9 Å². The molecule has 0 amide bonds. The SMILES string of the molecule is CCSC1CCCC1Nc1cc(N)nc(C2CC2)n1. The highest BCUT2D eigenvalue weighted by Crippen LogP contribution is 2.39. The third-order valence-corrected chi connectivity index (χ3v) is 5.20. The molecule has 2 aliphatic carbocycles. The number of hydrogen-bond donors (Lipinski definition) is 2. The van der Waals surface area contributed by atoms with Gasteiger partial charge in [0.2, 0.25) is 0 Å². The van der Waals surface area contributed by atoms with Crippen molar-refractivity contribution in [3.63, 3.8) is 0 Å². The molecule has 0 spiro atoms. The van der Waals surface area contributed by atoms with Crippen LogP contribution in [0.4, 0.5) is 11.6 Å². The first-order valence-electron chi connectivity index (χ1n) is 7.29. The maximum absolute atomic E-state index is 5.90. The number of rotatable bonds is 5. The summed E-state index contributed by atoms with van der Waals surface area (Å²) in [6.45, 7) is 2.23. The third kappa shape index (κ3) is 3.14. The average molecular weight is 278 g/mol. The minimum Gasteiger partial charge on any atom is -0.384 e. The Bertz CT molecular complexity index is 447. The molecule has 1 aromatic rings. The summed E-state index contributed by atoms with van der Waals surface area (Å²) in [7, 11) is 0. The first-order valence-corrected chi connectivity index (χ1v) is 8.33. The van der Waals surface area contributed by atoms with Crippen molar-refractivity contribution < 1.29 is 0 Å². The number of nitrogen functional groups attached to an aromatic ring is 1. The smallest absolute Gasteiger partial charge is 0.136 e. The number of thioether (sulfide) groups is 1. The van der Waals surface area contributed by atoms with E-state index in [1.165, 1.54) is 37.9 Å². The van der Waals surface area contributed by atoms with Crippen LogP contribution >= 0.6 is 11.8 Å². The molecule has 104 valence electrons. The van der Waals surface area contributed by atoms with Crippen molar-refractivity contribution in [3.8, 4) is 0 Å². The first-order chi connectivity index (χ1) is 9.26. The van der Waals surface area contributed by atoms with E-state index in [2.05, 4.69) is 34.0 Å². The lowest BCUT2D eigenvalue weighted by atomic mass is 10.2. The predicted molar refractivity (Wildman–Crippen MR) is 81.6 cm³/mol. The average Bonchev–Trinajstić information content (AvgIpc) is 3.14. The van der Waals surface area contributed by atoms with Gasteiger partial charge in [0.15, 0.2) is 0 Å². The second-order valence-electron chi connectivity index (χ2n) is 5.49. The first kappa shape index (κ1) is 13.0. The topological polar surface area (TPSA) is 63.8 Å². The third-order valence-electron chi connectivity index (χ3n) is 3.87. The van der Waals surface area contributed by atoms with Gasteiger partial charge >= 0.3 is 0 Å². The summed E-state index contributed by atoms with van der Waals surface area (Å²) in [4.78, 5) is 8.99. The van der Waals surface area contributed by atoms with Crippen LogP contribution in [0, 0.1) is 0 Å². The fourth-order valence-electron chi connectivity index (χ4n) is 2.78. The zero-order chi connectivity index (χ0) is 13.2. The van der Waals surface area contributed by atoms with Crippen LogP contribution in [0.3, 0.4) is 0 Å². The van der Waals surface area contributed by atoms with Crippen LogP contribution in [0.5, 0.6) is 0 Å². The van der Waals surface area contributed by atoms with Gasteiger partial charge in [-0.25, -0.2) is 9.97 Å². The molecule has 0 radical (unpaired) electrons. The van der Waals surface area contributed by atoms with Crippen LogP contribution in [-0.2, 0) is 0 Å². The molecule has 0 bridgehead atoms. The fraction of sp³-hybridized carbons (Fsp3) is 0.714. The molecule has 0 saturated heterocycles. The molecule has 0 aromatic carbocycles. The Morgan fingerprint density at radius 1 is 1.32 bits per heavy atom. The number of anilines is 2. The summed E-state index contributed by atoms with van der Waals surface area (Å²) in [6.07, 6.45) is 6.28. The molecule has 4 nitrogen and oxygen atoms in total. The van der Waals surface area contributed by atoms with Crippen molar-refractivity contribution in [1.82, 2.24) is 9.97 Å². The van der Waals surface area contributed by atoms with E-state index in [4.69, 9.17) is 5.73 Å². The zero-order valence-corrected chi connectivity index (χ0v) is 12.2. The maximum Gasteiger partial charge on any atom is 0.136 e. The number of nitrogens with zero attached hydrogens (tertiary/aromatic N) is 2. The molecule has 3 N–H and O–H groups in total. The molecular weight excluding hydrogens is 256 g/mol. The van der Waals surface area contributed by atoms with Gasteiger partial charge in [-0.05, 0) is 31.4 Å². The molecule has 1 aromatic heterocycles. The molecule has 5 heteroatoms. The highest BCUT2D eigenvalue weighted by Gasteiger charge is 2.29. The number of aromatic nitrogens is 2. The largest absolute Gasteiger partial charge is 0.384 e. The molecule has 2 unspecified atom stereocenters. The Hall–Kier alpha value is -0.970. The lowest BCUT2D eigenvalue weighted by molar-refractivity contribution is 0.758. The number of nitrogens with two attached hydrogens (primary N) is 1. The van der Waals surface area contributed by atoms with E-state index < -0.39 is 0 Å². The molecular formula is C14H22N4S. The quantitative estimate of drug-likeness (QED) is 0.867. The van der Waals surface area contributed by atoms with E-state index in [1.807, 2.05) is 6.07 Å². The van der Waals surface area contributed by atoms with E-state index in [-0.39, 0.29) is 0 Å². The van der Waals surface area contributed by atoms with Gasteiger partial charge in [-0.15, -0.1) is 0 Å². The minimum atomic E-state index is 0.534. The van der Waals surface area contributed by atoms with Crippen molar-refractivity contribution in [2.75, 3.05) is 16.8 Å². The summed E-state index contributed by atoms with van der Waals surface area (Å²) in [5.41, 5.74) is 5.90. The van der Waals surface area contributed by atoms with E-state index in [0.717, 1.165) is 11.6 Å². The standard InChI is InChI=1S/C14H22N4S/c1-2-19-11-5-3-4-10(11)16-13-8-12(15)17-14(18-13)9-6-7-9/h8-11H,2-7H2,1H3,(H3,15,16,17,18). The van der Waals surface area contributed by atoms with Crippen LogP contribution in [-0.4, -0.2) is 27.0 Å². The van der Waals surface area contributed by atoms with Crippen molar-refractivity contribution >= 4 is 23.4 Å². The molecule has 2 fully saturated rings. The van der Waals surface area contributed by atoms with Gasteiger partial charge in [-0.3, -0.25) is 0 Å². The second kappa shape index (κ2) is 5.57. The van der Waals surface area contributed by atoms with Crippen LogP contribution in [0.2, 0.25) is 0 Å². The normalized spacial score (nSPS) is 26.6. The van der Waals surface area contributed by atoms with E-state index in [0.29, 0.717) is 23.0 Å². The second-order valence-corrected chi connectivity index (χ2v) is 7.00. The minimum absolute atomic E-state index is 0.534. The fourth-order valence-corrected chi connectivity index (χ4v) is 3.98. The Kier molecular flexibility index (Phi) is 3.82.